The Morgan fingerprint density at radius 1 is 0.776 bits per heavy atom. The number of anilines is 2. The summed E-state index contributed by atoms with van der Waals surface area (Å²) in [5.41, 5.74) is 13.9. The van der Waals surface area contributed by atoms with E-state index < -0.39 is 23.6 Å². The van der Waals surface area contributed by atoms with Crippen molar-refractivity contribution in [3.8, 4) is 11.5 Å². The van der Waals surface area contributed by atoms with Gasteiger partial charge in [0.2, 0.25) is 23.7 Å². The monoisotopic (exact) mass is 700 g/mol. The lowest BCUT2D eigenvalue weighted by Crippen LogP contribution is -2.15. The van der Waals surface area contributed by atoms with Gasteiger partial charge in [0.25, 0.3) is 11.8 Å². The van der Waals surface area contributed by atoms with Gasteiger partial charge in [-0.25, -0.2) is 9.97 Å². The van der Waals surface area contributed by atoms with Crippen molar-refractivity contribution in [1.82, 2.24) is 27.8 Å². The van der Waals surface area contributed by atoms with Gasteiger partial charge in [0.15, 0.2) is 0 Å². The van der Waals surface area contributed by atoms with Crippen LogP contribution in [0.4, 0.5) is 11.9 Å². The molecule has 6 rings (SSSR count). The van der Waals surface area contributed by atoms with Gasteiger partial charge < -0.3 is 30.4 Å². The molecular formula is C31H28N10O6S2. The standard InChI is InChI=1S/C31H28N10O6S2/c1-14-8-22(48-38-14)28(45)36-30-34-18-10-16(26(32)43)12-20(42)24(18)40(30)6-4-5-7-41-25-19(11-17(27(33)44)13-21(25)47-3)35-31(41)37-29(46)23-9-15(2)39-49-23/h4-5,8-13,42H,6-7H2,1-3H3,(H2,32,43)(H2,33,44)(H,34,36,45)(H,35,37,46)/b5-4+. The van der Waals surface area contributed by atoms with Gasteiger partial charge in [-0.1, -0.05) is 12.2 Å². The number of fused-ring (bicyclic) bond motifs is 2. The van der Waals surface area contributed by atoms with Crippen LogP contribution in [0.3, 0.4) is 0 Å². The third-order valence-electron chi connectivity index (χ3n) is 7.31. The summed E-state index contributed by atoms with van der Waals surface area (Å²) in [4.78, 5) is 59.8. The zero-order chi connectivity index (χ0) is 35.0. The quantitative estimate of drug-likeness (QED) is 0.123. The Morgan fingerprint density at radius 2 is 1.24 bits per heavy atom. The lowest BCUT2D eigenvalue weighted by Gasteiger charge is -2.11. The number of methoxy groups -OCH3 is 1. The largest absolute Gasteiger partial charge is 0.506 e. The number of imidazole rings is 2. The number of nitrogens with zero attached hydrogens (tertiary/aromatic N) is 6. The third kappa shape index (κ3) is 6.54. The van der Waals surface area contributed by atoms with Crippen molar-refractivity contribution in [2.75, 3.05) is 17.7 Å². The Kier molecular flexibility index (Phi) is 8.81. The number of allylic oxidation sites excluding steroid dienone is 2. The molecule has 2 aromatic carbocycles. The molecule has 0 saturated carbocycles. The maximum absolute atomic E-state index is 13.1. The molecule has 0 bridgehead atoms. The summed E-state index contributed by atoms with van der Waals surface area (Å²) in [6.07, 6.45) is 3.52. The highest BCUT2D eigenvalue weighted by atomic mass is 32.1. The topological polar surface area (TPSA) is 235 Å². The number of primary amides is 2. The van der Waals surface area contributed by atoms with Crippen LogP contribution in [0.25, 0.3) is 22.1 Å². The van der Waals surface area contributed by atoms with E-state index in [1.54, 1.807) is 47.3 Å². The number of amides is 4. The van der Waals surface area contributed by atoms with Crippen molar-refractivity contribution >= 4 is 80.7 Å². The molecule has 0 saturated heterocycles. The van der Waals surface area contributed by atoms with Crippen molar-refractivity contribution in [1.29, 1.82) is 0 Å². The fourth-order valence-corrected chi connectivity index (χ4v) is 6.39. The number of rotatable bonds is 11. The van der Waals surface area contributed by atoms with Crippen molar-refractivity contribution in [2.45, 2.75) is 26.9 Å². The smallest absolute Gasteiger partial charge is 0.269 e. The second kappa shape index (κ2) is 13.2. The first-order valence-electron chi connectivity index (χ1n) is 14.5. The number of ether oxygens (including phenoxy) is 1. The van der Waals surface area contributed by atoms with Crippen LogP contribution in [0.15, 0.2) is 48.6 Å². The van der Waals surface area contributed by atoms with E-state index in [1.165, 1.54) is 31.4 Å². The van der Waals surface area contributed by atoms with Crippen molar-refractivity contribution < 1.29 is 29.0 Å². The van der Waals surface area contributed by atoms with Crippen LogP contribution in [-0.2, 0) is 13.1 Å². The minimum atomic E-state index is -0.753. The lowest BCUT2D eigenvalue weighted by atomic mass is 10.1. The van der Waals surface area contributed by atoms with E-state index in [0.717, 1.165) is 23.1 Å². The second-order valence-corrected chi connectivity index (χ2v) is 12.4. The van der Waals surface area contributed by atoms with E-state index in [9.17, 15) is 24.3 Å². The summed E-state index contributed by atoms with van der Waals surface area (Å²) in [5.74, 6) is -1.98. The summed E-state index contributed by atoms with van der Waals surface area (Å²) >= 11 is 2.08. The van der Waals surface area contributed by atoms with Crippen LogP contribution >= 0.6 is 23.1 Å². The first-order chi connectivity index (χ1) is 23.4. The van der Waals surface area contributed by atoms with E-state index in [-0.39, 0.29) is 52.9 Å². The number of nitrogens with one attached hydrogen (secondary N) is 2. The van der Waals surface area contributed by atoms with Crippen LogP contribution in [0.1, 0.15) is 51.4 Å². The summed E-state index contributed by atoms with van der Waals surface area (Å²) in [6, 6.07) is 8.95. The molecule has 16 nitrogen and oxygen atoms in total. The number of hydrogen-bond donors (Lipinski definition) is 5. The van der Waals surface area contributed by atoms with Crippen LogP contribution in [-0.4, -0.2) is 63.7 Å². The van der Waals surface area contributed by atoms with E-state index in [0.29, 0.717) is 37.9 Å². The second-order valence-electron chi connectivity index (χ2n) is 10.8. The Morgan fingerprint density at radius 3 is 1.69 bits per heavy atom. The first-order valence-corrected chi connectivity index (χ1v) is 16.0. The number of carbonyl (C=O) groups excluding carboxylic acids is 4. The van der Waals surface area contributed by atoms with Crippen molar-refractivity contribution in [3.63, 3.8) is 0 Å². The van der Waals surface area contributed by atoms with Crippen molar-refractivity contribution in [2.24, 2.45) is 11.5 Å². The Balaban J connectivity index is 1.36. The van der Waals surface area contributed by atoms with Gasteiger partial charge in [-0.2, -0.15) is 8.75 Å². The number of aromatic nitrogens is 6. The van der Waals surface area contributed by atoms with Crippen molar-refractivity contribution in [3.05, 3.63) is 80.8 Å². The van der Waals surface area contributed by atoms with E-state index in [1.807, 2.05) is 0 Å². The molecule has 0 unspecified atom stereocenters. The molecule has 0 radical (unpaired) electrons. The van der Waals surface area contributed by atoms with Gasteiger partial charge in [0.1, 0.15) is 32.3 Å². The first kappa shape index (κ1) is 32.8. The molecule has 4 aromatic heterocycles. The molecule has 0 aliphatic rings. The molecule has 7 N–H and O–H groups in total. The minimum absolute atomic E-state index is 0.0460. The molecule has 0 spiro atoms. The van der Waals surface area contributed by atoms with Gasteiger partial charge in [-0.05, 0) is 73.3 Å². The molecule has 0 fully saturated rings. The number of phenols is 1. The zero-order valence-electron chi connectivity index (χ0n) is 26.2. The highest BCUT2D eigenvalue weighted by Gasteiger charge is 2.22. The summed E-state index contributed by atoms with van der Waals surface area (Å²) in [7, 11) is 1.44. The average Bonchev–Trinajstić information content (AvgIpc) is 3.84. The maximum Gasteiger partial charge on any atom is 0.269 e. The summed E-state index contributed by atoms with van der Waals surface area (Å²) in [6.45, 7) is 3.81. The van der Waals surface area contributed by atoms with Crippen LogP contribution in [0.5, 0.6) is 11.5 Å². The third-order valence-corrected chi connectivity index (χ3v) is 9.07. The minimum Gasteiger partial charge on any atom is -0.506 e. The fraction of sp³-hybridized carbons (Fsp3) is 0.161. The predicted octanol–water partition coefficient (Wildman–Crippen LogP) is 3.59. The molecule has 6 aromatic rings. The Hall–Kier alpha value is -6.14. The number of hydrogen-bond acceptors (Lipinski definition) is 12. The number of aromatic hydroxyl groups is 1. The molecule has 0 atom stereocenters. The van der Waals surface area contributed by atoms with Gasteiger partial charge in [-0.15, -0.1) is 0 Å². The number of aryl methyl sites for hydroxylation is 2. The SMILES string of the molecule is COc1cc(C(N)=O)cc2nc(NC(=O)c3cc(C)ns3)n(C/C=C/Cn3c(NC(=O)c4cc(C)ns4)nc4cc(C(N)=O)cc(O)c43)c12. The van der Waals surface area contributed by atoms with Gasteiger partial charge in [0, 0.05) is 24.2 Å². The highest BCUT2D eigenvalue weighted by molar-refractivity contribution is 7.08. The molecular weight excluding hydrogens is 673 g/mol. The Labute approximate surface area is 285 Å². The molecule has 4 heterocycles. The molecule has 0 aliphatic heterocycles. The predicted molar refractivity (Wildman–Crippen MR) is 183 cm³/mol. The van der Waals surface area contributed by atoms with E-state index >= 15 is 0 Å². The number of carbonyl (C=O) groups is 4. The maximum atomic E-state index is 13.1. The number of benzene rings is 2. The van der Waals surface area contributed by atoms with Crippen LogP contribution in [0, 0.1) is 13.8 Å². The average molecular weight is 701 g/mol. The molecule has 18 heteroatoms. The lowest BCUT2D eigenvalue weighted by molar-refractivity contribution is 0.0991. The molecule has 250 valence electrons. The number of phenolic OH excluding ortho intramolecular Hbond substituents is 1. The normalized spacial score (nSPS) is 11.4. The summed E-state index contributed by atoms with van der Waals surface area (Å²) < 4.78 is 17.2. The van der Waals surface area contributed by atoms with E-state index in [4.69, 9.17) is 16.2 Å². The van der Waals surface area contributed by atoms with Gasteiger partial charge in [-0.3, -0.25) is 29.8 Å². The van der Waals surface area contributed by atoms with E-state index in [2.05, 4.69) is 29.3 Å². The Bertz CT molecular complexity index is 2330. The molecule has 0 aliphatic carbocycles. The zero-order valence-corrected chi connectivity index (χ0v) is 27.8. The number of nitrogens with two attached hydrogens (primary N) is 2. The fourth-order valence-electron chi connectivity index (χ4n) is 5.09. The summed E-state index contributed by atoms with van der Waals surface area (Å²) in [5, 5.41) is 16.5. The van der Waals surface area contributed by atoms with Crippen LogP contribution < -0.4 is 26.8 Å². The highest BCUT2D eigenvalue weighted by Crippen LogP contribution is 2.32. The molecule has 4 amide bonds. The molecule has 49 heavy (non-hydrogen) atoms. The van der Waals surface area contributed by atoms with Gasteiger partial charge >= 0.3 is 0 Å². The van der Waals surface area contributed by atoms with Gasteiger partial charge in [0.05, 0.1) is 29.5 Å². The van der Waals surface area contributed by atoms with Crippen LogP contribution in [0.2, 0.25) is 0 Å².